The van der Waals surface area contributed by atoms with Gasteiger partial charge in [-0.25, -0.2) is 0 Å². The van der Waals surface area contributed by atoms with E-state index in [1.807, 2.05) is 42.5 Å². The molecule has 2 aromatic rings. The minimum absolute atomic E-state index is 0. The third kappa shape index (κ3) is 6.81. The monoisotopic (exact) mass is 497 g/mol. The van der Waals surface area contributed by atoms with E-state index in [4.69, 9.17) is 13.0 Å². The fourth-order valence-electron chi connectivity index (χ4n) is 1.07. The number of halogens is 3. The van der Waals surface area contributed by atoms with Gasteiger partial charge >= 0.3 is 15.6 Å². The summed E-state index contributed by atoms with van der Waals surface area (Å²) in [7, 11) is -5.84. The molecule has 4 nitrogen and oxygen atoms in total. The third-order valence-electron chi connectivity index (χ3n) is 1.94. The molecule has 0 fully saturated rings. The second-order valence-corrected chi connectivity index (χ2v) is 4.83. The largest absolute Gasteiger partial charge is 0.522 e. The standard InChI is InChI=1S/C11H8N.CHF3O3S.Ir/c1-2-6-10(7-3-1)11-8-4-5-9-12-11;2-1(3,4)8(5,6)7;/h1-6,8-9H;(H,5,6,7);/q-1;;. The first kappa shape index (κ1) is 19.7. The van der Waals surface area contributed by atoms with Crippen LogP contribution in [-0.2, 0) is 30.2 Å². The molecule has 0 amide bonds. The summed E-state index contributed by atoms with van der Waals surface area (Å²) in [5.74, 6) is 0. The molecule has 117 valence electrons. The summed E-state index contributed by atoms with van der Waals surface area (Å²) >= 11 is 0. The van der Waals surface area contributed by atoms with Crippen LogP contribution < -0.4 is 0 Å². The van der Waals surface area contributed by atoms with E-state index in [0.29, 0.717) is 0 Å². The third-order valence-corrected chi connectivity index (χ3v) is 2.53. The number of rotatable bonds is 1. The normalized spacial score (nSPS) is 10.9. The van der Waals surface area contributed by atoms with Gasteiger partial charge in [0.25, 0.3) is 0 Å². The molecule has 21 heavy (non-hydrogen) atoms. The van der Waals surface area contributed by atoms with Crippen molar-refractivity contribution in [1.29, 1.82) is 0 Å². The second-order valence-electron chi connectivity index (χ2n) is 3.41. The van der Waals surface area contributed by atoms with Crippen molar-refractivity contribution in [3.8, 4) is 11.3 Å². The molecule has 0 bridgehead atoms. The number of hydrogen-bond donors (Lipinski definition) is 1. The molecular formula is C12H9F3IrNO3S-. The van der Waals surface area contributed by atoms with Gasteiger partial charge in [0.05, 0.1) is 0 Å². The van der Waals surface area contributed by atoms with Crippen LogP contribution in [0, 0.1) is 6.07 Å². The molecule has 9 heteroatoms. The van der Waals surface area contributed by atoms with Crippen molar-refractivity contribution in [2.45, 2.75) is 5.51 Å². The molecule has 0 aliphatic carbocycles. The topological polar surface area (TPSA) is 67.3 Å². The van der Waals surface area contributed by atoms with Crippen molar-refractivity contribution in [2.24, 2.45) is 0 Å². The van der Waals surface area contributed by atoms with Crippen LogP contribution in [0.15, 0.2) is 48.7 Å². The van der Waals surface area contributed by atoms with Gasteiger partial charge in [0, 0.05) is 26.3 Å². The Kier molecular flexibility index (Phi) is 7.73. The summed E-state index contributed by atoms with van der Waals surface area (Å²) in [6, 6.07) is 16.8. The minimum Gasteiger partial charge on any atom is -0.305 e. The van der Waals surface area contributed by atoms with Crippen LogP contribution in [0.1, 0.15) is 0 Å². The van der Waals surface area contributed by atoms with Crippen molar-refractivity contribution in [3.05, 3.63) is 54.7 Å². The summed E-state index contributed by atoms with van der Waals surface area (Å²) in [6.45, 7) is 0. The van der Waals surface area contributed by atoms with E-state index >= 15 is 0 Å². The van der Waals surface area contributed by atoms with E-state index in [0.717, 1.165) is 11.3 Å². The Hall–Kier alpha value is -1.28. The predicted molar refractivity (Wildman–Crippen MR) is 66.1 cm³/mol. The molecule has 0 aliphatic rings. The molecule has 0 saturated carbocycles. The van der Waals surface area contributed by atoms with Gasteiger partial charge in [0.2, 0.25) is 0 Å². The number of pyridine rings is 1. The van der Waals surface area contributed by atoms with E-state index in [2.05, 4.69) is 11.1 Å². The molecule has 0 saturated heterocycles. The second kappa shape index (κ2) is 8.23. The van der Waals surface area contributed by atoms with Crippen molar-refractivity contribution in [3.63, 3.8) is 0 Å². The average molecular weight is 496 g/mol. The van der Waals surface area contributed by atoms with Crippen LogP contribution in [0.4, 0.5) is 13.2 Å². The summed E-state index contributed by atoms with van der Waals surface area (Å²) in [5.41, 5.74) is -3.52. The number of alkyl halides is 3. The smallest absolute Gasteiger partial charge is 0.305 e. The molecule has 2 rings (SSSR count). The van der Waals surface area contributed by atoms with Gasteiger partial charge in [-0.2, -0.15) is 21.6 Å². The average Bonchev–Trinajstić information content (AvgIpc) is 2.39. The predicted octanol–water partition coefficient (Wildman–Crippen LogP) is 2.94. The van der Waals surface area contributed by atoms with Crippen LogP contribution in [0.25, 0.3) is 11.3 Å². The van der Waals surface area contributed by atoms with Gasteiger partial charge in [0.15, 0.2) is 0 Å². The fraction of sp³-hybridized carbons (Fsp3) is 0.0833. The maximum Gasteiger partial charge on any atom is 0.522 e. The van der Waals surface area contributed by atoms with E-state index < -0.39 is 15.6 Å². The number of nitrogens with zero attached hydrogens (tertiary/aromatic N) is 1. The maximum atomic E-state index is 10.7. The molecule has 1 radical (unpaired) electrons. The van der Waals surface area contributed by atoms with E-state index in [-0.39, 0.29) is 20.1 Å². The SMILES string of the molecule is O=S(=O)(O)C(F)(F)F.[Ir].[c-]1ccccc1-c1ccccn1. The number of benzene rings is 1. The van der Waals surface area contributed by atoms with E-state index in [1.54, 1.807) is 6.20 Å². The van der Waals surface area contributed by atoms with Crippen molar-refractivity contribution >= 4 is 10.1 Å². The Morgan fingerprint density at radius 1 is 1.10 bits per heavy atom. The van der Waals surface area contributed by atoms with Crippen molar-refractivity contribution in [1.82, 2.24) is 4.98 Å². The Labute approximate surface area is 133 Å². The summed E-state index contributed by atoms with van der Waals surface area (Å²) in [5, 5.41) is 0. The summed E-state index contributed by atoms with van der Waals surface area (Å²) in [6.07, 6.45) is 1.79. The zero-order valence-corrected chi connectivity index (χ0v) is 13.4. The molecule has 0 unspecified atom stereocenters. The molecule has 1 aromatic carbocycles. The van der Waals surface area contributed by atoms with Crippen LogP contribution >= 0.6 is 0 Å². The summed E-state index contributed by atoms with van der Waals surface area (Å²) < 4.78 is 57.5. The van der Waals surface area contributed by atoms with Gasteiger partial charge < -0.3 is 4.98 Å². The molecule has 1 N–H and O–H groups in total. The van der Waals surface area contributed by atoms with Crippen LogP contribution in [0.3, 0.4) is 0 Å². The van der Waals surface area contributed by atoms with Gasteiger partial charge in [-0.3, -0.25) is 4.55 Å². The van der Waals surface area contributed by atoms with Gasteiger partial charge in [0.1, 0.15) is 0 Å². The number of aromatic nitrogens is 1. The Morgan fingerprint density at radius 3 is 2.05 bits per heavy atom. The van der Waals surface area contributed by atoms with Crippen LogP contribution in [-0.4, -0.2) is 23.5 Å². The first-order valence-electron chi connectivity index (χ1n) is 5.13. The van der Waals surface area contributed by atoms with Gasteiger partial charge in [-0.15, -0.1) is 35.9 Å². The van der Waals surface area contributed by atoms with E-state index in [1.165, 1.54) is 0 Å². The fourth-order valence-corrected chi connectivity index (χ4v) is 1.07. The Bertz CT molecular complexity index is 596. The molecule has 1 heterocycles. The zero-order chi connectivity index (χ0) is 15.2. The number of hydrogen-bond acceptors (Lipinski definition) is 3. The Morgan fingerprint density at radius 2 is 1.67 bits per heavy atom. The molecule has 0 spiro atoms. The quantitative estimate of drug-likeness (QED) is 0.375. The van der Waals surface area contributed by atoms with Crippen LogP contribution in [0.5, 0.6) is 0 Å². The maximum absolute atomic E-state index is 10.7. The van der Waals surface area contributed by atoms with E-state index in [9.17, 15) is 13.2 Å². The van der Waals surface area contributed by atoms with Gasteiger partial charge in [-0.1, -0.05) is 12.1 Å². The van der Waals surface area contributed by atoms with Crippen LogP contribution in [0.2, 0.25) is 0 Å². The van der Waals surface area contributed by atoms with Crippen molar-refractivity contribution in [2.75, 3.05) is 0 Å². The molecule has 0 atom stereocenters. The Balaban J connectivity index is 0.000000397. The minimum atomic E-state index is -5.84. The molecule has 1 aromatic heterocycles. The van der Waals surface area contributed by atoms with Gasteiger partial charge in [-0.05, 0) is 11.8 Å². The molecule has 0 aliphatic heterocycles. The molecular weight excluding hydrogens is 487 g/mol. The zero-order valence-electron chi connectivity index (χ0n) is 10.2. The van der Waals surface area contributed by atoms with Crippen molar-refractivity contribution < 1.29 is 46.2 Å². The first-order chi connectivity index (χ1) is 9.22. The summed E-state index contributed by atoms with van der Waals surface area (Å²) in [4.78, 5) is 4.22. The first-order valence-corrected chi connectivity index (χ1v) is 6.57.